The number of methoxy groups -OCH3 is 1. The summed E-state index contributed by atoms with van der Waals surface area (Å²) in [5.74, 6) is 2.14. The Kier molecular flexibility index (Phi) is 4.51. The fourth-order valence-electron chi connectivity index (χ4n) is 2.00. The molecular weight excluding hydrogens is 250 g/mol. The van der Waals surface area contributed by atoms with Gasteiger partial charge in [-0.1, -0.05) is 26.0 Å². The molecule has 20 heavy (non-hydrogen) atoms. The summed E-state index contributed by atoms with van der Waals surface area (Å²) in [5, 5.41) is 0. The first-order chi connectivity index (χ1) is 9.58. The lowest BCUT2D eigenvalue weighted by molar-refractivity contribution is 0.305. The van der Waals surface area contributed by atoms with Crippen LogP contribution in [-0.4, -0.2) is 7.11 Å². The molecule has 0 aliphatic carbocycles. The average molecular weight is 271 g/mol. The Morgan fingerprint density at radius 3 is 2.30 bits per heavy atom. The number of hydrogen-bond donors (Lipinski definition) is 1. The van der Waals surface area contributed by atoms with Crippen LogP contribution in [0, 0.1) is 0 Å². The molecule has 0 spiro atoms. The Balaban J connectivity index is 2.03. The van der Waals surface area contributed by atoms with Gasteiger partial charge in [-0.2, -0.15) is 0 Å². The Hall–Kier alpha value is -2.16. The van der Waals surface area contributed by atoms with Crippen LogP contribution in [0.5, 0.6) is 11.5 Å². The third-order valence-electron chi connectivity index (χ3n) is 3.18. The summed E-state index contributed by atoms with van der Waals surface area (Å²) in [6, 6.07) is 13.8. The molecule has 0 amide bonds. The highest BCUT2D eigenvalue weighted by Gasteiger charge is 2.02. The maximum atomic E-state index is 5.82. The van der Waals surface area contributed by atoms with E-state index in [0.29, 0.717) is 18.2 Å². The molecule has 2 aromatic rings. The monoisotopic (exact) mass is 271 g/mol. The fourth-order valence-corrected chi connectivity index (χ4v) is 2.00. The third-order valence-corrected chi connectivity index (χ3v) is 3.18. The van der Waals surface area contributed by atoms with Crippen LogP contribution in [0.3, 0.4) is 0 Å². The van der Waals surface area contributed by atoms with Crippen molar-refractivity contribution in [3.05, 3.63) is 53.6 Å². The van der Waals surface area contributed by atoms with E-state index in [1.54, 1.807) is 13.2 Å². The standard InChI is InChI=1S/C17H21NO2/c1-12(2)14-4-6-16(7-5-14)20-11-13-8-15(18)10-17(9-13)19-3/h4-10,12H,11,18H2,1-3H3. The van der Waals surface area contributed by atoms with E-state index in [9.17, 15) is 0 Å². The highest BCUT2D eigenvalue weighted by molar-refractivity contribution is 5.47. The molecule has 0 radical (unpaired) electrons. The quantitative estimate of drug-likeness (QED) is 0.836. The van der Waals surface area contributed by atoms with Gasteiger partial charge in [0.15, 0.2) is 0 Å². The Morgan fingerprint density at radius 1 is 1.00 bits per heavy atom. The molecule has 0 aliphatic rings. The second-order valence-electron chi connectivity index (χ2n) is 5.13. The zero-order valence-electron chi connectivity index (χ0n) is 12.2. The van der Waals surface area contributed by atoms with Crippen LogP contribution in [0.25, 0.3) is 0 Å². The van der Waals surface area contributed by atoms with Crippen LogP contribution in [0.4, 0.5) is 5.69 Å². The minimum atomic E-state index is 0.475. The summed E-state index contributed by atoms with van der Waals surface area (Å²) in [6.45, 7) is 4.83. The van der Waals surface area contributed by atoms with E-state index in [-0.39, 0.29) is 0 Å². The fraction of sp³-hybridized carbons (Fsp3) is 0.294. The van der Waals surface area contributed by atoms with Crippen molar-refractivity contribution in [2.45, 2.75) is 26.4 Å². The van der Waals surface area contributed by atoms with Crippen molar-refractivity contribution >= 4 is 5.69 Å². The van der Waals surface area contributed by atoms with Gasteiger partial charge in [0.1, 0.15) is 18.1 Å². The molecule has 0 atom stereocenters. The Bertz CT molecular complexity index is 562. The van der Waals surface area contributed by atoms with Crippen LogP contribution < -0.4 is 15.2 Å². The molecule has 0 aliphatic heterocycles. The molecular formula is C17H21NO2. The number of hydrogen-bond acceptors (Lipinski definition) is 3. The second kappa shape index (κ2) is 6.33. The summed E-state index contributed by atoms with van der Waals surface area (Å²) < 4.78 is 11.0. The number of nitrogens with two attached hydrogens (primary N) is 1. The number of ether oxygens (including phenoxy) is 2. The van der Waals surface area contributed by atoms with Gasteiger partial charge in [0.2, 0.25) is 0 Å². The van der Waals surface area contributed by atoms with Crippen molar-refractivity contribution in [1.82, 2.24) is 0 Å². The Labute approximate surface area is 120 Å². The topological polar surface area (TPSA) is 44.5 Å². The Morgan fingerprint density at radius 2 is 1.70 bits per heavy atom. The lowest BCUT2D eigenvalue weighted by Crippen LogP contribution is -1.98. The third kappa shape index (κ3) is 3.67. The summed E-state index contributed by atoms with van der Waals surface area (Å²) in [7, 11) is 1.63. The van der Waals surface area contributed by atoms with E-state index in [2.05, 4.69) is 26.0 Å². The number of nitrogen functional groups attached to an aromatic ring is 1. The van der Waals surface area contributed by atoms with Gasteiger partial charge in [-0.3, -0.25) is 0 Å². The van der Waals surface area contributed by atoms with Gasteiger partial charge in [0.05, 0.1) is 7.11 Å². The van der Waals surface area contributed by atoms with Gasteiger partial charge < -0.3 is 15.2 Å². The summed E-state index contributed by atoms with van der Waals surface area (Å²) in [6.07, 6.45) is 0. The molecule has 3 nitrogen and oxygen atoms in total. The van der Waals surface area contributed by atoms with Crippen LogP contribution >= 0.6 is 0 Å². The minimum absolute atomic E-state index is 0.475. The average Bonchev–Trinajstić information content (AvgIpc) is 2.45. The smallest absolute Gasteiger partial charge is 0.121 e. The van der Waals surface area contributed by atoms with Crippen molar-refractivity contribution in [2.75, 3.05) is 12.8 Å². The molecule has 0 bridgehead atoms. The lowest BCUT2D eigenvalue weighted by Gasteiger charge is -2.10. The number of rotatable bonds is 5. The van der Waals surface area contributed by atoms with Gasteiger partial charge in [-0.15, -0.1) is 0 Å². The first-order valence-electron chi connectivity index (χ1n) is 6.74. The molecule has 3 heteroatoms. The van der Waals surface area contributed by atoms with Crippen molar-refractivity contribution < 1.29 is 9.47 Å². The highest BCUT2D eigenvalue weighted by atomic mass is 16.5. The molecule has 0 fully saturated rings. The van der Waals surface area contributed by atoms with Crippen molar-refractivity contribution in [3.63, 3.8) is 0 Å². The summed E-state index contributed by atoms with van der Waals surface area (Å²) >= 11 is 0. The molecule has 2 aromatic carbocycles. The summed E-state index contributed by atoms with van der Waals surface area (Å²) in [5.41, 5.74) is 8.80. The van der Waals surface area contributed by atoms with E-state index in [0.717, 1.165) is 17.1 Å². The first kappa shape index (κ1) is 14.3. The van der Waals surface area contributed by atoms with Gasteiger partial charge in [0.25, 0.3) is 0 Å². The molecule has 0 saturated heterocycles. The van der Waals surface area contributed by atoms with Gasteiger partial charge in [-0.25, -0.2) is 0 Å². The van der Waals surface area contributed by atoms with E-state index < -0.39 is 0 Å². The van der Waals surface area contributed by atoms with Crippen LogP contribution in [0.15, 0.2) is 42.5 Å². The number of anilines is 1. The largest absolute Gasteiger partial charge is 0.497 e. The van der Waals surface area contributed by atoms with Crippen LogP contribution in [0.2, 0.25) is 0 Å². The second-order valence-corrected chi connectivity index (χ2v) is 5.13. The van der Waals surface area contributed by atoms with Crippen LogP contribution in [0.1, 0.15) is 30.9 Å². The predicted octanol–water partition coefficient (Wildman–Crippen LogP) is 3.98. The molecule has 0 heterocycles. The van der Waals surface area contributed by atoms with E-state index in [4.69, 9.17) is 15.2 Å². The predicted molar refractivity (Wildman–Crippen MR) is 82.3 cm³/mol. The molecule has 2 N–H and O–H groups in total. The SMILES string of the molecule is COc1cc(N)cc(COc2ccc(C(C)C)cc2)c1. The van der Waals surface area contributed by atoms with Crippen molar-refractivity contribution in [2.24, 2.45) is 0 Å². The summed E-state index contributed by atoms with van der Waals surface area (Å²) in [4.78, 5) is 0. The van der Waals surface area contributed by atoms with Crippen LogP contribution in [-0.2, 0) is 6.61 Å². The zero-order chi connectivity index (χ0) is 14.5. The molecule has 2 rings (SSSR count). The first-order valence-corrected chi connectivity index (χ1v) is 6.74. The maximum absolute atomic E-state index is 5.82. The maximum Gasteiger partial charge on any atom is 0.121 e. The van der Waals surface area contributed by atoms with Crippen molar-refractivity contribution in [1.29, 1.82) is 0 Å². The van der Waals surface area contributed by atoms with Gasteiger partial charge in [0, 0.05) is 11.8 Å². The molecule has 106 valence electrons. The van der Waals surface area contributed by atoms with E-state index in [1.165, 1.54) is 5.56 Å². The van der Waals surface area contributed by atoms with E-state index in [1.807, 2.05) is 24.3 Å². The lowest BCUT2D eigenvalue weighted by atomic mass is 10.0. The number of benzene rings is 2. The van der Waals surface area contributed by atoms with Crippen molar-refractivity contribution in [3.8, 4) is 11.5 Å². The van der Waals surface area contributed by atoms with Gasteiger partial charge >= 0.3 is 0 Å². The zero-order valence-corrected chi connectivity index (χ0v) is 12.2. The highest BCUT2D eigenvalue weighted by Crippen LogP contribution is 2.22. The molecule has 0 saturated carbocycles. The normalized spacial score (nSPS) is 10.6. The van der Waals surface area contributed by atoms with Gasteiger partial charge in [-0.05, 0) is 41.3 Å². The molecule has 0 aromatic heterocycles. The van der Waals surface area contributed by atoms with E-state index >= 15 is 0 Å². The molecule has 0 unspecified atom stereocenters. The minimum Gasteiger partial charge on any atom is -0.497 e.